The number of hydrogen-bond acceptors (Lipinski definition) is 2. The number of nitrogens with one attached hydrogen (secondary N) is 1. The zero-order valence-corrected chi connectivity index (χ0v) is 13.1. The minimum atomic E-state index is -1.15. The molecule has 0 heterocycles. The van der Waals surface area contributed by atoms with Gasteiger partial charge in [0, 0.05) is 16.0 Å². The molecule has 1 aromatic rings. The van der Waals surface area contributed by atoms with Crippen molar-refractivity contribution in [3.05, 3.63) is 34.3 Å². The Morgan fingerprint density at radius 3 is 2.33 bits per heavy atom. The molecule has 5 heteroatoms. The highest BCUT2D eigenvalue weighted by Crippen LogP contribution is 2.28. The molecule has 1 aromatic carbocycles. The van der Waals surface area contributed by atoms with E-state index in [-0.39, 0.29) is 0 Å². The third-order valence-corrected chi connectivity index (χ3v) is 4.16. The highest BCUT2D eigenvalue weighted by molar-refractivity contribution is 9.10. The molecule has 0 radical (unpaired) electrons. The van der Waals surface area contributed by atoms with Gasteiger partial charge in [-0.15, -0.1) is 0 Å². The Morgan fingerprint density at radius 1 is 1.14 bits per heavy atom. The van der Waals surface area contributed by atoms with Gasteiger partial charge in [-0.1, -0.05) is 41.1 Å². The van der Waals surface area contributed by atoms with E-state index >= 15 is 0 Å². The number of carboxylic acids is 1. The fourth-order valence-electron chi connectivity index (χ4n) is 2.46. The minimum absolute atomic E-state index is 0.466. The molecule has 0 atom stereocenters. The predicted molar refractivity (Wildman–Crippen MR) is 82.6 cm³/mol. The van der Waals surface area contributed by atoms with E-state index in [9.17, 15) is 14.7 Å². The van der Waals surface area contributed by atoms with Gasteiger partial charge in [0.1, 0.15) is 5.54 Å². The SMILES string of the molecule is O=C(C#Cc1ccc(Br)cc1)NC1(C(=O)O)CCCCC1. The first-order chi connectivity index (χ1) is 10.0. The number of hydrogen-bond donors (Lipinski definition) is 2. The van der Waals surface area contributed by atoms with Crippen molar-refractivity contribution >= 4 is 27.8 Å². The van der Waals surface area contributed by atoms with Gasteiger partial charge in [-0.25, -0.2) is 4.79 Å². The van der Waals surface area contributed by atoms with Crippen molar-refractivity contribution in [1.29, 1.82) is 0 Å². The zero-order valence-electron chi connectivity index (χ0n) is 11.5. The van der Waals surface area contributed by atoms with Gasteiger partial charge >= 0.3 is 5.97 Å². The van der Waals surface area contributed by atoms with E-state index in [1.165, 1.54) is 0 Å². The monoisotopic (exact) mass is 349 g/mol. The number of halogens is 1. The van der Waals surface area contributed by atoms with Crippen LogP contribution in [0.25, 0.3) is 0 Å². The van der Waals surface area contributed by atoms with Crippen molar-refractivity contribution in [2.45, 2.75) is 37.6 Å². The summed E-state index contributed by atoms with van der Waals surface area (Å²) in [5, 5.41) is 12.0. The molecule has 1 aliphatic carbocycles. The Labute approximate surface area is 132 Å². The lowest BCUT2D eigenvalue weighted by Gasteiger charge is -2.33. The normalized spacial score (nSPS) is 16.4. The van der Waals surface area contributed by atoms with E-state index in [4.69, 9.17) is 0 Å². The minimum Gasteiger partial charge on any atom is -0.480 e. The average molecular weight is 350 g/mol. The van der Waals surface area contributed by atoms with Crippen molar-refractivity contribution in [3.63, 3.8) is 0 Å². The number of carbonyl (C=O) groups excluding carboxylic acids is 1. The Morgan fingerprint density at radius 2 is 1.76 bits per heavy atom. The quantitative estimate of drug-likeness (QED) is 0.806. The fraction of sp³-hybridized carbons (Fsp3) is 0.375. The van der Waals surface area contributed by atoms with Crippen LogP contribution in [0.3, 0.4) is 0 Å². The van der Waals surface area contributed by atoms with Gasteiger partial charge < -0.3 is 10.4 Å². The summed E-state index contributed by atoms with van der Waals surface area (Å²) in [6, 6.07) is 7.25. The molecule has 2 rings (SSSR count). The summed E-state index contributed by atoms with van der Waals surface area (Å²) >= 11 is 3.32. The maximum Gasteiger partial charge on any atom is 0.329 e. The molecule has 0 saturated heterocycles. The van der Waals surface area contributed by atoms with Gasteiger partial charge in [-0.2, -0.15) is 0 Å². The molecule has 21 heavy (non-hydrogen) atoms. The smallest absolute Gasteiger partial charge is 0.329 e. The summed E-state index contributed by atoms with van der Waals surface area (Å²) in [6.07, 6.45) is 3.57. The molecular weight excluding hydrogens is 334 g/mol. The summed E-state index contributed by atoms with van der Waals surface area (Å²) in [4.78, 5) is 23.4. The van der Waals surface area contributed by atoms with E-state index < -0.39 is 17.4 Å². The van der Waals surface area contributed by atoms with Crippen LogP contribution in [0, 0.1) is 11.8 Å². The average Bonchev–Trinajstić information content (AvgIpc) is 2.47. The summed E-state index contributed by atoms with van der Waals surface area (Å²) in [5.41, 5.74) is -0.439. The maximum atomic E-state index is 11.9. The Hall–Kier alpha value is -1.80. The van der Waals surface area contributed by atoms with Crippen molar-refractivity contribution in [2.75, 3.05) is 0 Å². The lowest BCUT2D eigenvalue weighted by Crippen LogP contribution is -2.55. The summed E-state index contributed by atoms with van der Waals surface area (Å²) in [6.45, 7) is 0. The fourth-order valence-corrected chi connectivity index (χ4v) is 2.72. The standard InChI is InChI=1S/C16H16BrNO3/c17-13-7-4-12(5-8-13)6-9-14(19)18-16(15(20)21)10-2-1-3-11-16/h4-5,7-8H,1-3,10-11H2,(H,18,19)(H,20,21). The van der Waals surface area contributed by atoms with Gasteiger partial charge in [0.25, 0.3) is 5.91 Å². The number of amides is 1. The third kappa shape index (κ3) is 4.08. The van der Waals surface area contributed by atoms with Gasteiger partial charge in [-0.05, 0) is 37.1 Å². The van der Waals surface area contributed by atoms with Crippen LogP contribution < -0.4 is 5.32 Å². The van der Waals surface area contributed by atoms with Gasteiger partial charge in [0.15, 0.2) is 0 Å². The van der Waals surface area contributed by atoms with Crippen molar-refractivity contribution in [1.82, 2.24) is 5.32 Å². The Bertz CT molecular complexity index is 592. The second-order valence-electron chi connectivity index (χ2n) is 5.16. The molecule has 4 nitrogen and oxygen atoms in total. The van der Waals surface area contributed by atoms with Crippen molar-refractivity contribution in [3.8, 4) is 11.8 Å². The molecule has 0 aromatic heterocycles. The summed E-state index contributed by atoms with van der Waals surface area (Å²) in [7, 11) is 0. The first-order valence-electron chi connectivity index (χ1n) is 6.85. The van der Waals surface area contributed by atoms with Crippen LogP contribution in [0.2, 0.25) is 0 Å². The van der Waals surface area contributed by atoms with Crippen molar-refractivity contribution < 1.29 is 14.7 Å². The van der Waals surface area contributed by atoms with Crippen LogP contribution >= 0.6 is 15.9 Å². The Kier molecular flexibility index (Phi) is 5.03. The van der Waals surface area contributed by atoms with E-state index in [0.29, 0.717) is 18.4 Å². The lowest BCUT2D eigenvalue weighted by atomic mass is 9.81. The molecule has 1 fully saturated rings. The highest BCUT2D eigenvalue weighted by atomic mass is 79.9. The van der Waals surface area contributed by atoms with Gasteiger partial charge in [0.05, 0.1) is 0 Å². The van der Waals surface area contributed by atoms with E-state index in [2.05, 4.69) is 33.1 Å². The molecule has 110 valence electrons. The van der Waals surface area contributed by atoms with Crippen LogP contribution in [-0.2, 0) is 9.59 Å². The molecule has 0 spiro atoms. The van der Waals surface area contributed by atoms with E-state index in [1.54, 1.807) is 12.1 Å². The molecule has 1 saturated carbocycles. The number of carboxylic acid groups (broad SMARTS) is 1. The number of rotatable bonds is 2. The first kappa shape index (κ1) is 15.6. The van der Waals surface area contributed by atoms with Crippen molar-refractivity contribution in [2.24, 2.45) is 0 Å². The number of carbonyl (C=O) groups is 2. The van der Waals surface area contributed by atoms with Crippen LogP contribution in [0.5, 0.6) is 0 Å². The lowest BCUT2D eigenvalue weighted by molar-refractivity contribution is -0.148. The van der Waals surface area contributed by atoms with Crippen LogP contribution in [0.15, 0.2) is 28.7 Å². The summed E-state index contributed by atoms with van der Waals surface area (Å²) < 4.78 is 0.935. The largest absolute Gasteiger partial charge is 0.480 e. The first-order valence-corrected chi connectivity index (χ1v) is 7.64. The molecule has 2 N–H and O–H groups in total. The zero-order chi connectivity index (χ0) is 15.3. The van der Waals surface area contributed by atoms with Crippen LogP contribution in [0.1, 0.15) is 37.7 Å². The van der Waals surface area contributed by atoms with Gasteiger partial charge in [0.2, 0.25) is 0 Å². The third-order valence-electron chi connectivity index (χ3n) is 3.63. The molecule has 1 aliphatic rings. The van der Waals surface area contributed by atoms with Crippen LogP contribution in [-0.4, -0.2) is 22.5 Å². The molecule has 0 aliphatic heterocycles. The van der Waals surface area contributed by atoms with E-state index in [0.717, 1.165) is 23.7 Å². The Balaban J connectivity index is 2.06. The molecule has 0 unspecified atom stereocenters. The number of benzene rings is 1. The van der Waals surface area contributed by atoms with Gasteiger partial charge in [-0.3, -0.25) is 4.79 Å². The summed E-state index contributed by atoms with van der Waals surface area (Å²) in [5.74, 6) is 3.70. The maximum absolute atomic E-state index is 11.9. The second-order valence-corrected chi connectivity index (χ2v) is 6.07. The topological polar surface area (TPSA) is 66.4 Å². The number of aliphatic carboxylic acids is 1. The second kappa shape index (κ2) is 6.77. The molecule has 1 amide bonds. The molecular formula is C16H16BrNO3. The molecule has 0 bridgehead atoms. The predicted octanol–water partition coefficient (Wildman–Crippen LogP) is 2.70. The highest BCUT2D eigenvalue weighted by Gasteiger charge is 2.40. The van der Waals surface area contributed by atoms with Crippen LogP contribution in [0.4, 0.5) is 0 Å². The van der Waals surface area contributed by atoms with E-state index in [1.807, 2.05) is 12.1 Å².